The van der Waals surface area contributed by atoms with Crippen LogP contribution in [0.15, 0.2) is 18.2 Å². The Kier molecular flexibility index (Phi) is 4.14. The molecular formula is C16H23FN2O. The summed E-state index contributed by atoms with van der Waals surface area (Å²) in [5.74, 6) is -0.642. The van der Waals surface area contributed by atoms with Gasteiger partial charge in [-0.25, -0.2) is 4.39 Å². The third-order valence-electron chi connectivity index (χ3n) is 4.53. The van der Waals surface area contributed by atoms with Gasteiger partial charge in [-0.2, -0.15) is 0 Å². The van der Waals surface area contributed by atoms with Crippen molar-refractivity contribution in [3.63, 3.8) is 0 Å². The van der Waals surface area contributed by atoms with Gasteiger partial charge in [-0.05, 0) is 51.9 Å². The minimum absolute atomic E-state index is 0.0602. The van der Waals surface area contributed by atoms with Gasteiger partial charge in [-0.1, -0.05) is 12.1 Å². The second-order valence-electron chi connectivity index (χ2n) is 6.07. The highest BCUT2D eigenvalue weighted by Crippen LogP contribution is 2.36. The summed E-state index contributed by atoms with van der Waals surface area (Å²) in [5.41, 5.74) is 0.737. The van der Waals surface area contributed by atoms with E-state index in [-0.39, 0.29) is 17.0 Å². The molecule has 0 unspecified atom stereocenters. The van der Waals surface area contributed by atoms with E-state index >= 15 is 0 Å². The van der Waals surface area contributed by atoms with E-state index in [2.05, 4.69) is 4.90 Å². The third kappa shape index (κ3) is 2.57. The highest BCUT2D eigenvalue weighted by atomic mass is 19.1. The molecule has 0 saturated heterocycles. The van der Waals surface area contributed by atoms with Crippen LogP contribution in [0.2, 0.25) is 0 Å². The van der Waals surface area contributed by atoms with Crippen molar-refractivity contribution in [3.8, 4) is 0 Å². The van der Waals surface area contributed by atoms with Crippen molar-refractivity contribution in [2.75, 3.05) is 27.7 Å². The Balaban J connectivity index is 2.15. The molecule has 0 aromatic heterocycles. The number of carbonyl (C=O) groups is 1. The Labute approximate surface area is 120 Å². The zero-order valence-electron chi connectivity index (χ0n) is 12.7. The minimum Gasteiger partial charge on any atom is -0.340 e. The lowest BCUT2D eigenvalue weighted by Crippen LogP contribution is -2.57. The van der Waals surface area contributed by atoms with Crippen LogP contribution in [0, 0.1) is 12.7 Å². The molecule has 4 heteroatoms. The lowest BCUT2D eigenvalue weighted by Gasteiger charge is -2.49. The van der Waals surface area contributed by atoms with Crippen molar-refractivity contribution in [2.24, 2.45) is 0 Å². The van der Waals surface area contributed by atoms with E-state index in [0.717, 1.165) is 12.8 Å². The quantitative estimate of drug-likeness (QED) is 0.845. The Morgan fingerprint density at radius 3 is 2.45 bits per heavy atom. The first-order valence-electron chi connectivity index (χ1n) is 7.05. The van der Waals surface area contributed by atoms with Gasteiger partial charge in [0.1, 0.15) is 5.82 Å². The van der Waals surface area contributed by atoms with Crippen LogP contribution in [-0.2, 0) is 0 Å². The topological polar surface area (TPSA) is 23.6 Å². The first-order chi connectivity index (χ1) is 9.37. The highest BCUT2D eigenvalue weighted by molar-refractivity contribution is 5.94. The van der Waals surface area contributed by atoms with Crippen LogP contribution in [-0.4, -0.2) is 48.9 Å². The number of benzene rings is 1. The molecule has 3 nitrogen and oxygen atoms in total. The maximum Gasteiger partial charge on any atom is 0.256 e. The van der Waals surface area contributed by atoms with Crippen molar-refractivity contribution in [1.29, 1.82) is 0 Å². The van der Waals surface area contributed by atoms with E-state index in [4.69, 9.17) is 0 Å². The molecule has 1 aliphatic rings. The van der Waals surface area contributed by atoms with E-state index in [1.165, 1.54) is 6.42 Å². The largest absolute Gasteiger partial charge is 0.340 e. The van der Waals surface area contributed by atoms with Crippen LogP contribution in [0.5, 0.6) is 0 Å². The Hall–Kier alpha value is -1.42. The van der Waals surface area contributed by atoms with E-state index in [1.807, 2.05) is 14.1 Å². The standard InChI is InChI=1S/C16H23FN2O/c1-12-7-5-8-13(14(12)17)15(20)19(4)11-16(18(2)3)9-6-10-16/h5,7-8H,6,9-11H2,1-4H3. The molecule has 2 rings (SSSR count). The molecule has 0 bridgehead atoms. The molecule has 1 aromatic rings. The van der Waals surface area contributed by atoms with Gasteiger partial charge in [0.2, 0.25) is 0 Å². The van der Waals surface area contributed by atoms with Crippen LogP contribution >= 0.6 is 0 Å². The average Bonchev–Trinajstić information content (AvgIpc) is 2.35. The summed E-state index contributed by atoms with van der Waals surface area (Å²) in [4.78, 5) is 16.3. The van der Waals surface area contributed by atoms with E-state index < -0.39 is 5.82 Å². The number of likely N-dealkylation sites (N-methyl/N-ethyl adjacent to an activating group) is 2. The van der Waals surface area contributed by atoms with E-state index in [9.17, 15) is 9.18 Å². The Bertz CT molecular complexity index is 509. The zero-order chi connectivity index (χ0) is 14.9. The molecule has 0 N–H and O–H groups in total. The molecule has 1 saturated carbocycles. The summed E-state index contributed by atoms with van der Waals surface area (Å²) in [7, 11) is 5.85. The van der Waals surface area contributed by atoms with Gasteiger partial charge in [0.05, 0.1) is 5.56 Å². The first kappa shape index (κ1) is 15.0. The van der Waals surface area contributed by atoms with Gasteiger partial charge < -0.3 is 9.80 Å². The van der Waals surface area contributed by atoms with Gasteiger partial charge in [0.25, 0.3) is 5.91 Å². The molecule has 1 aliphatic carbocycles. The van der Waals surface area contributed by atoms with E-state index in [1.54, 1.807) is 37.1 Å². The second-order valence-corrected chi connectivity index (χ2v) is 6.07. The zero-order valence-corrected chi connectivity index (χ0v) is 12.7. The molecule has 0 atom stereocenters. The fourth-order valence-corrected chi connectivity index (χ4v) is 2.86. The highest BCUT2D eigenvalue weighted by Gasteiger charge is 2.40. The van der Waals surface area contributed by atoms with Crippen LogP contribution in [0.3, 0.4) is 0 Å². The summed E-state index contributed by atoms with van der Waals surface area (Å²) in [6.07, 6.45) is 3.38. The summed E-state index contributed by atoms with van der Waals surface area (Å²) in [6, 6.07) is 4.97. The van der Waals surface area contributed by atoms with Crippen molar-refractivity contribution < 1.29 is 9.18 Å². The molecule has 1 fully saturated rings. The maximum atomic E-state index is 14.0. The van der Waals surface area contributed by atoms with Gasteiger partial charge in [0, 0.05) is 19.1 Å². The van der Waals surface area contributed by atoms with Gasteiger partial charge >= 0.3 is 0 Å². The summed E-state index contributed by atoms with van der Waals surface area (Å²) < 4.78 is 14.0. The van der Waals surface area contributed by atoms with Crippen molar-refractivity contribution in [1.82, 2.24) is 9.80 Å². The summed E-state index contributed by atoms with van der Waals surface area (Å²) in [6.45, 7) is 2.32. The SMILES string of the molecule is Cc1cccc(C(=O)N(C)CC2(N(C)C)CCC2)c1F. The van der Waals surface area contributed by atoms with Crippen molar-refractivity contribution in [2.45, 2.75) is 31.7 Å². The number of carbonyl (C=O) groups excluding carboxylic acids is 1. The monoisotopic (exact) mass is 278 g/mol. The smallest absolute Gasteiger partial charge is 0.256 e. The molecule has 20 heavy (non-hydrogen) atoms. The van der Waals surface area contributed by atoms with Crippen molar-refractivity contribution >= 4 is 5.91 Å². The predicted molar refractivity (Wildman–Crippen MR) is 78.4 cm³/mol. The second kappa shape index (κ2) is 5.52. The molecule has 0 heterocycles. The number of aryl methyl sites for hydroxylation is 1. The number of hydrogen-bond acceptors (Lipinski definition) is 2. The first-order valence-corrected chi connectivity index (χ1v) is 7.05. The molecular weight excluding hydrogens is 255 g/mol. The molecule has 0 spiro atoms. The normalized spacial score (nSPS) is 16.9. The number of amides is 1. The fourth-order valence-electron chi connectivity index (χ4n) is 2.86. The van der Waals surface area contributed by atoms with Gasteiger partial charge in [-0.15, -0.1) is 0 Å². The number of hydrogen-bond donors (Lipinski definition) is 0. The molecule has 1 aromatic carbocycles. The van der Waals surface area contributed by atoms with Crippen molar-refractivity contribution in [3.05, 3.63) is 35.1 Å². The molecule has 0 radical (unpaired) electrons. The number of rotatable bonds is 4. The van der Waals surface area contributed by atoms with Crippen LogP contribution in [0.25, 0.3) is 0 Å². The Morgan fingerprint density at radius 2 is 1.95 bits per heavy atom. The van der Waals surface area contributed by atoms with Gasteiger partial charge in [0.15, 0.2) is 0 Å². The number of nitrogens with zero attached hydrogens (tertiary/aromatic N) is 2. The summed E-state index contributed by atoms with van der Waals surface area (Å²) >= 11 is 0. The van der Waals surface area contributed by atoms with Crippen LogP contribution < -0.4 is 0 Å². The maximum absolute atomic E-state index is 14.0. The predicted octanol–water partition coefficient (Wildman–Crippen LogP) is 2.69. The van der Waals surface area contributed by atoms with Crippen LogP contribution in [0.4, 0.5) is 4.39 Å². The number of halogens is 1. The van der Waals surface area contributed by atoms with Gasteiger partial charge in [-0.3, -0.25) is 4.79 Å². The fraction of sp³-hybridized carbons (Fsp3) is 0.562. The van der Waals surface area contributed by atoms with E-state index in [0.29, 0.717) is 12.1 Å². The lowest BCUT2D eigenvalue weighted by molar-refractivity contribution is 0.0250. The minimum atomic E-state index is -0.406. The Morgan fingerprint density at radius 1 is 1.30 bits per heavy atom. The van der Waals surface area contributed by atoms with Crippen LogP contribution in [0.1, 0.15) is 35.2 Å². The average molecular weight is 278 g/mol. The molecule has 0 aliphatic heterocycles. The molecule has 1 amide bonds. The lowest BCUT2D eigenvalue weighted by atomic mass is 9.75. The molecule has 110 valence electrons. The third-order valence-corrected chi connectivity index (χ3v) is 4.53. The summed E-state index contributed by atoms with van der Waals surface area (Å²) in [5, 5.41) is 0.